The molecule has 4 nitrogen and oxygen atoms in total. The summed E-state index contributed by atoms with van der Waals surface area (Å²) in [6.45, 7) is 1.56. The molecule has 0 unspecified atom stereocenters. The van der Waals surface area contributed by atoms with Gasteiger partial charge in [0.1, 0.15) is 6.04 Å². The average Bonchev–Trinajstić information content (AvgIpc) is 2.34. The molecular formula is C12H17Cl2F3N2O2. The summed E-state index contributed by atoms with van der Waals surface area (Å²) in [5, 5.41) is 21.5. The van der Waals surface area contributed by atoms with Crippen molar-refractivity contribution in [2.75, 3.05) is 26.2 Å². The summed E-state index contributed by atoms with van der Waals surface area (Å²) in [5.74, 6) is -0.966. The molecule has 9 heteroatoms. The Labute approximate surface area is 132 Å². The molecule has 0 spiro atoms. The highest BCUT2D eigenvalue weighted by molar-refractivity contribution is 5.85. The van der Waals surface area contributed by atoms with Crippen molar-refractivity contribution in [1.82, 2.24) is 10.2 Å². The molecule has 1 fully saturated rings. The van der Waals surface area contributed by atoms with Crippen LogP contribution in [0.15, 0.2) is 18.2 Å². The van der Waals surface area contributed by atoms with Gasteiger partial charge >= 0.3 is 6.18 Å². The van der Waals surface area contributed by atoms with E-state index in [0.717, 1.165) is 12.1 Å². The Kier molecular flexibility index (Phi) is 7.60. The third-order valence-electron chi connectivity index (χ3n) is 3.14. The van der Waals surface area contributed by atoms with E-state index in [0.29, 0.717) is 13.1 Å². The predicted octanol–water partition coefficient (Wildman–Crippen LogP) is 2.45. The smallest absolute Gasteiger partial charge is 0.408 e. The number of nitrogens with one attached hydrogen (secondary N) is 1. The Bertz CT molecular complexity index is 455. The number of alkyl halides is 3. The quantitative estimate of drug-likeness (QED) is 0.718. The molecule has 1 aliphatic heterocycles. The Morgan fingerprint density at radius 1 is 1.05 bits per heavy atom. The molecule has 0 aromatic heterocycles. The first-order valence-electron chi connectivity index (χ1n) is 5.93. The molecule has 122 valence electrons. The van der Waals surface area contributed by atoms with E-state index in [4.69, 9.17) is 0 Å². The number of phenols is 2. The second-order valence-corrected chi connectivity index (χ2v) is 4.48. The Morgan fingerprint density at radius 3 is 2.10 bits per heavy atom. The van der Waals surface area contributed by atoms with Gasteiger partial charge in [-0.25, -0.2) is 0 Å². The van der Waals surface area contributed by atoms with Crippen LogP contribution in [-0.2, 0) is 0 Å². The third kappa shape index (κ3) is 4.81. The minimum absolute atomic E-state index is 0. The van der Waals surface area contributed by atoms with Gasteiger partial charge in [0.2, 0.25) is 0 Å². The van der Waals surface area contributed by atoms with Gasteiger partial charge in [-0.15, -0.1) is 24.8 Å². The van der Waals surface area contributed by atoms with E-state index in [2.05, 4.69) is 5.32 Å². The molecular weight excluding hydrogens is 332 g/mol. The second kappa shape index (κ2) is 7.93. The summed E-state index contributed by atoms with van der Waals surface area (Å²) in [6.07, 6.45) is -4.43. The van der Waals surface area contributed by atoms with E-state index >= 15 is 0 Å². The topological polar surface area (TPSA) is 55.7 Å². The average molecular weight is 349 g/mol. The van der Waals surface area contributed by atoms with Crippen molar-refractivity contribution in [3.8, 4) is 11.5 Å². The maximum absolute atomic E-state index is 13.2. The van der Waals surface area contributed by atoms with Crippen molar-refractivity contribution in [2.45, 2.75) is 12.2 Å². The zero-order chi connectivity index (χ0) is 14.0. The van der Waals surface area contributed by atoms with Crippen LogP contribution in [0.1, 0.15) is 11.6 Å². The Morgan fingerprint density at radius 2 is 1.62 bits per heavy atom. The lowest BCUT2D eigenvalue weighted by Gasteiger charge is -2.36. The van der Waals surface area contributed by atoms with Crippen molar-refractivity contribution in [2.24, 2.45) is 0 Å². The minimum atomic E-state index is -4.43. The maximum atomic E-state index is 13.2. The lowest BCUT2D eigenvalue weighted by molar-refractivity contribution is -0.187. The highest BCUT2D eigenvalue weighted by atomic mass is 35.5. The molecule has 0 aliphatic carbocycles. The summed E-state index contributed by atoms with van der Waals surface area (Å²) in [7, 11) is 0. The van der Waals surface area contributed by atoms with Crippen molar-refractivity contribution in [3.63, 3.8) is 0 Å². The number of benzene rings is 1. The van der Waals surface area contributed by atoms with Crippen LogP contribution in [0.2, 0.25) is 0 Å². The minimum Gasteiger partial charge on any atom is -0.504 e. The van der Waals surface area contributed by atoms with Crippen molar-refractivity contribution >= 4 is 24.8 Å². The number of hydrogen-bond acceptors (Lipinski definition) is 4. The van der Waals surface area contributed by atoms with Crippen LogP contribution in [0.3, 0.4) is 0 Å². The normalized spacial score (nSPS) is 17.5. The van der Waals surface area contributed by atoms with Crippen LogP contribution in [-0.4, -0.2) is 47.5 Å². The van der Waals surface area contributed by atoms with Crippen molar-refractivity contribution < 1.29 is 23.4 Å². The molecule has 2 rings (SSSR count). The molecule has 3 N–H and O–H groups in total. The lowest BCUT2D eigenvalue weighted by atomic mass is 10.0. The van der Waals surface area contributed by atoms with Gasteiger partial charge in [0.15, 0.2) is 11.5 Å². The second-order valence-electron chi connectivity index (χ2n) is 4.48. The van der Waals surface area contributed by atoms with Gasteiger partial charge < -0.3 is 15.5 Å². The zero-order valence-corrected chi connectivity index (χ0v) is 12.6. The standard InChI is InChI=1S/C12H15F3N2O2.2ClH/c13-12(14,15)11(17-5-3-16-4-6-17)8-1-2-9(18)10(19)7-8;;/h1-2,7,11,16,18-19H,3-6H2;2*1H/t11-;;/m1../s1. The van der Waals surface area contributed by atoms with Crippen molar-refractivity contribution in [3.05, 3.63) is 23.8 Å². The number of phenolic OH excluding ortho intramolecular Hbond substituents is 2. The number of nitrogens with zero attached hydrogens (tertiary/aromatic N) is 1. The number of hydrogen-bond donors (Lipinski definition) is 3. The number of rotatable bonds is 2. The summed E-state index contributed by atoms with van der Waals surface area (Å²) < 4.78 is 39.6. The largest absolute Gasteiger partial charge is 0.504 e. The monoisotopic (exact) mass is 348 g/mol. The van der Waals surface area contributed by atoms with Crippen molar-refractivity contribution in [1.29, 1.82) is 0 Å². The molecule has 0 saturated carbocycles. The molecule has 21 heavy (non-hydrogen) atoms. The molecule has 1 aromatic rings. The number of piperazine rings is 1. The van der Waals surface area contributed by atoms with Crippen LogP contribution in [0, 0.1) is 0 Å². The summed E-state index contributed by atoms with van der Waals surface area (Å²) >= 11 is 0. The van der Waals surface area contributed by atoms with Crippen LogP contribution < -0.4 is 5.32 Å². The van der Waals surface area contributed by atoms with Gasteiger partial charge in [-0.1, -0.05) is 6.07 Å². The fraction of sp³-hybridized carbons (Fsp3) is 0.500. The molecule has 1 heterocycles. The first kappa shape index (κ1) is 20.1. The molecule has 0 radical (unpaired) electrons. The molecule has 0 amide bonds. The SMILES string of the molecule is Cl.Cl.Oc1ccc([C@@H](N2CCNCC2)C(F)(F)F)cc1O. The van der Waals surface area contributed by atoms with E-state index in [1.807, 2.05) is 0 Å². The zero-order valence-electron chi connectivity index (χ0n) is 10.9. The van der Waals surface area contributed by atoms with Gasteiger partial charge in [0.25, 0.3) is 0 Å². The van der Waals surface area contributed by atoms with Gasteiger partial charge in [-0.05, 0) is 17.7 Å². The van der Waals surface area contributed by atoms with E-state index in [1.54, 1.807) is 0 Å². The highest BCUT2D eigenvalue weighted by Gasteiger charge is 2.45. The van der Waals surface area contributed by atoms with Crippen LogP contribution in [0.25, 0.3) is 0 Å². The van der Waals surface area contributed by atoms with E-state index in [9.17, 15) is 23.4 Å². The lowest BCUT2D eigenvalue weighted by Crippen LogP contribution is -2.49. The van der Waals surface area contributed by atoms with Crippen LogP contribution in [0.4, 0.5) is 13.2 Å². The molecule has 0 bridgehead atoms. The molecule has 1 atom stereocenters. The fourth-order valence-electron chi connectivity index (χ4n) is 2.26. The summed E-state index contributed by atoms with van der Waals surface area (Å²) in [6, 6.07) is 1.47. The van der Waals surface area contributed by atoms with Crippen LogP contribution >= 0.6 is 24.8 Å². The molecule has 1 aliphatic rings. The third-order valence-corrected chi connectivity index (χ3v) is 3.14. The predicted molar refractivity (Wildman–Crippen MR) is 77.5 cm³/mol. The first-order chi connectivity index (χ1) is 8.89. The van der Waals surface area contributed by atoms with Gasteiger partial charge in [-0.3, -0.25) is 4.90 Å². The Hall–Kier alpha value is -0.890. The fourth-order valence-corrected chi connectivity index (χ4v) is 2.26. The summed E-state index contributed by atoms with van der Waals surface area (Å²) in [5.41, 5.74) is -0.0651. The number of halogens is 5. The maximum Gasteiger partial charge on any atom is 0.408 e. The van der Waals surface area contributed by atoms with Crippen LogP contribution in [0.5, 0.6) is 11.5 Å². The molecule has 1 aromatic carbocycles. The van der Waals surface area contributed by atoms with E-state index < -0.39 is 23.7 Å². The Balaban J connectivity index is 0.00000200. The highest BCUT2D eigenvalue weighted by Crippen LogP contribution is 2.40. The summed E-state index contributed by atoms with van der Waals surface area (Å²) in [4.78, 5) is 1.32. The van der Waals surface area contributed by atoms with Gasteiger partial charge in [0, 0.05) is 26.2 Å². The van der Waals surface area contributed by atoms with E-state index in [-0.39, 0.29) is 43.5 Å². The van der Waals surface area contributed by atoms with Gasteiger partial charge in [-0.2, -0.15) is 13.2 Å². The van der Waals surface area contributed by atoms with E-state index in [1.165, 1.54) is 11.0 Å². The number of aromatic hydroxyl groups is 2. The first-order valence-corrected chi connectivity index (χ1v) is 5.93. The van der Waals surface area contributed by atoms with Gasteiger partial charge in [0.05, 0.1) is 0 Å². The molecule has 1 saturated heterocycles.